The predicted octanol–water partition coefficient (Wildman–Crippen LogP) is 4.75. The van der Waals surface area contributed by atoms with Crippen molar-refractivity contribution in [1.29, 1.82) is 0 Å². The van der Waals surface area contributed by atoms with Gasteiger partial charge in [0, 0.05) is 20.1 Å². The number of aryl methyl sites for hydroxylation is 1. The number of hydrogen-bond donors (Lipinski definition) is 0. The summed E-state index contributed by atoms with van der Waals surface area (Å²) >= 11 is 3.42. The van der Waals surface area contributed by atoms with Crippen LogP contribution in [0.2, 0.25) is 0 Å². The SMILES string of the molecule is Cc1onc(CN(CCN(C)C(=O)OC(C)(C)C)C(=O)OCc2ccccc2)c1Br. The van der Waals surface area contributed by atoms with E-state index < -0.39 is 17.8 Å². The van der Waals surface area contributed by atoms with Gasteiger partial charge in [-0.1, -0.05) is 35.5 Å². The number of aromatic nitrogens is 1. The van der Waals surface area contributed by atoms with Crippen molar-refractivity contribution < 1.29 is 23.6 Å². The first-order chi connectivity index (χ1) is 14.1. The van der Waals surface area contributed by atoms with Crippen LogP contribution in [0, 0.1) is 6.92 Å². The number of hydrogen-bond acceptors (Lipinski definition) is 6. The minimum absolute atomic E-state index is 0.150. The first kappa shape index (κ1) is 23.7. The topological polar surface area (TPSA) is 85.1 Å². The molecule has 1 aromatic heterocycles. The van der Waals surface area contributed by atoms with E-state index in [0.717, 1.165) is 5.56 Å². The number of rotatable bonds is 7. The molecule has 0 spiro atoms. The summed E-state index contributed by atoms with van der Waals surface area (Å²) < 4.78 is 16.7. The van der Waals surface area contributed by atoms with Crippen molar-refractivity contribution in [1.82, 2.24) is 15.0 Å². The molecule has 0 N–H and O–H groups in total. The van der Waals surface area contributed by atoms with E-state index in [1.807, 2.05) is 30.3 Å². The summed E-state index contributed by atoms with van der Waals surface area (Å²) in [6.45, 7) is 8.01. The molecule has 0 saturated heterocycles. The van der Waals surface area contributed by atoms with Crippen LogP contribution in [0.5, 0.6) is 0 Å². The zero-order valence-corrected chi connectivity index (χ0v) is 19.6. The van der Waals surface area contributed by atoms with Gasteiger partial charge < -0.3 is 23.8 Å². The maximum absolute atomic E-state index is 12.7. The highest BCUT2D eigenvalue weighted by Gasteiger charge is 2.23. The predicted molar refractivity (Wildman–Crippen MR) is 115 cm³/mol. The summed E-state index contributed by atoms with van der Waals surface area (Å²) in [4.78, 5) is 27.8. The quantitative estimate of drug-likeness (QED) is 0.566. The van der Waals surface area contributed by atoms with E-state index in [1.54, 1.807) is 34.7 Å². The lowest BCUT2D eigenvalue weighted by Crippen LogP contribution is -2.41. The highest BCUT2D eigenvalue weighted by Crippen LogP contribution is 2.22. The van der Waals surface area contributed by atoms with Crippen molar-refractivity contribution >= 4 is 28.1 Å². The number of amides is 2. The summed E-state index contributed by atoms with van der Waals surface area (Å²) in [5.41, 5.74) is 0.863. The van der Waals surface area contributed by atoms with Gasteiger partial charge in [-0.2, -0.15) is 0 Å². The van der Waals surface area contributed by atoms with Crippen LogP contribution in [0.1, 0.15) is 37.8 Å². The fourth-order valence-corrected chi connectivity index (χ4v) is 2.70. The molecule has 0 unspecified atom stereocenters. The third-order valence-electron chi connectivity index (χ3n) is 4.07. The van der Waals surface area contributed by atoms with Crippen molar-refractivity contribution in [2.24, 2.45) is 0 Å². The molecular weight excluding hydrogens is 454 g/mol. The second-order valence-electron chi connectivity index (χ2n) is 7.86. The van der Waals surface area contributed by atoms with E-state index in [2.05, 4.69) is 21.1 Å². The monoisotopic (exact) mass is 481 g/mol. The number of ether oxygens (including phenoxy) is 2. The first-order valence-corrected chi connectivity index (χ1v) is 10.4. The molecule has 0 fully saturated rings. The largest absolute Gasteiger partial charge is 0.445 e. The molecule has 0 bridgehead atoms. The molecular formula is C21H28BrN3O5. The van der Waals surface area contributed by atoms with Gasteiger partial charge in [0.1, 0.15) is 23.7 Å². The van der Waals surface area contributed by atoms with Gasteiger partial charge >= 0.3 is 12.2 Å². The number of nitrogens with zero attached hydrogens (tertiary/aromatic N) is 3. The van der Waals surface area contributed by atoms with E-state index in [4.69, 9.17) is 14.0 Å². The van der Waals surface area contributed by atoms with E-state index in [-0.39, 0.29) is 26.2 Å². The Labute approximate surface area is 185 Å². The number of likely N-dealkylation sites (N-methyl/N-ethyl adjacent to an activating group) is 1. The lowest BCUT2D eigenvalue weighted by atomic mass is 10.2. The minimum Gasteiger partial charge on any atom is -0.445 e. The lowest BCUT2D eigenvalue weighted by Gasteiger charge is -2.27. The summed E-state index contributed by atoms with van der Waals surface area (Å²) in [6, 6.07) is 9.42. The van der Waals surface area contributed by atoms with Gasteiger partial charge in [0.05, 0.1) is 11.0 Å². The molecule has 9 heteroatoms. The molecule has 0 radical (unpaired) electrons. The standard InChI is InChI=1S/C21H28BrN3O5/c1-15-18(22)17(23-30-15)13-25(12-11-24(5)19(26)29-21(2,3)4)20(27)28-14-16-9-7-6-8-10-16/h6-10H,11-14H2,1-5H3. The smallest absolute Gasteiger partial charge is 0.410 e. The number of benzene rings is 1. The Balaban J connectivity index is 2.03. The van der Waals surface area contributed by atoms with Crippen LogP contribution in [0.15, 0.2) is 39.3 Å². The Bertz CT molecular complexity index is 848. The molecule has 0 aliphatic rings. The third-order valence-corrected chi connectivity index (χ3v) is 5.09. The minimum atomic E-state index is -0.594. The number of carbonyl (C=O) groups is 2. The Morgan fingerprint density at radius 2 is 1.80 bits per heavy atom. The molecule has 0 aliphatic heterocycles. The van der Waals surface area contributed by atoms with Gasteiger partial charge in [-0.15, -0.1) is 0 Å². The maximum atomic E-state index is 12.7. The van der Waals surface area contributed by atoms with E-state index in [1.165, 1.54) is 9.80 Å². The molecule has 164 valence electrons. The fraction of sp³-hybridized carbons (Fsp3) is 0.476. The average Bonchev–Trinajstić information content (AvgIpc) is 3.00. The van der Waals surface area contributed by atoms with E-state index >= 15 is 0 Å². The summed E-state index contributed by atoms with van der Waals surface area (Å²) in [5, 5.41) is 3.99. The molecule has 2 aromatic rings. The average molecular weight is 482 g/mol. The molecule has 30 heavy (non-hydrogen) atoms. The maximum Gasteiger partial charge on any atom is 0.410 e. The lowest BCUT2D eigenvalue weighted by molar-refractivity contribution is 0.0272. The van der Waals surface area contributed by atoms with Crippen LogP contribution in [-0.4, -0.2) is 52.9 Å². The normalized spacial score (nSPS) is 11.1. The molecule has 2 rings (SSSR count). The highest BCUT2D eigenvalue weighted by atomic mass is 79.9. The van der Waals surface area contributed by atoms with Crippen LogP contribution in [0.4, 0.5) is 9.59 Å². The first-order valence-electron chi connectivity index (χ1n) is 9.57. The second-order valence-corrected chi connectivity index (χ2v) is 8.66. The summed E-state index contributed by atoms with van der Waals surface area (Å²) in [7, 11) is 1.62. The van der Waals surface area contributed by atoms with Gasteiger partial charge in [0.2, 0.25) is 0 Å². The zero-order chi connectivity index (χ0) is 22.3. The van der Waals surface area contributed by atoms with Gasteiger partial charge in [-0.3, -0.25) is 0 Å². The zero-order valence-electron chi connectivity index (χ0n) is 18.0. The van der Waals surface area contributed by atoms with Gasteiger partial charge in [0.15, 0.2) is 0 Å². The van der Waals surface area contributed by atoms with Gasteiger partial charge in [-0.25, -0.2) is 9.59 Å². The second kappa shape index (κ2) is 10.5. The van der Waals surface area contributed by atoms with Crippen LogP contribution in [-0.2, 0) is 22.6 Å². The van der Waals surface area contributed by atoms with E-state index in [0.29, 0.717) is 15.9 Å². The Kier molecular flexibility index (Phi) is 8.28. The van der Waals surface area contributed by atoms with Crippen molar-refractivity contribution in [2.45, 2.75) is 46.4 Å². The number of halogens is 1. The van der Waals surface area contributed by atoms with Gasteiger partial charge in [-0.05, 0) is 49.2 Å². The van der Waals surface area contributed by atoms with Crippen LogP contribution in [0.3, 0.4) is 0 Å². The van der Waals surface area contributed by atoms with E-state index in [9.17, 15) is 9.59 Å². The Morgan fingerprint density at radius 1 is 1.13 bits per heavy atom. The van der Waals surface area contributed by atoms with Crippen LogP contribution < -0.4 is 0 Å². The number of carbonyl (C=O) groups excluding carboxylic acids is 2. The summed E-state index contributed by atoms with van der Waals surface area (Å²) in [5.74, 6) is 0.619. The van der Waals surface area contributed by atoms with Crippen molar-refractivity contribution in [3.05, 3.63) is 51.8 Å². The molecule has 0 atom stereocenters. The van der Waals surface area contributed by atoms with Gasteiger partial charge in [0.25, 0.3) is 0 Å². The molecule has 0 aliphatic carbocycles. The van der Waals surface area contributed by atoms with Crippen molar-refractivity contribution in [3.63, 3.8) is 0 Å². The summed E-state index contributed by atoms with van der Waals surface area (Å²) in [6.07, 6.45) is -0.970. The molecule has 1 heterocycles. The Hall–Kier alpha value is -2.55. The van der Waals surface area contributed by atoms with Crippen molar-refractivity contribution in [3.8, 4) is 0 Å². The molecule has 2 amide bonds. The molecule has 0 saturated carbocycles. The molecule has 8 nitrogen and oxygen atoms in total. The third kappa shape index (κ3) is 7.37. The van der Waals surface area contributed by atoms with Crippen LogP contribution >= 0.6 is 15.9 Å². The van der Waals surface area contributed by atoms with Crippen molar-refractivity contribution in [2.75, 3.05) is 20.1 Å². The highest BCUT2D eigenvalue weighted by molar-refractivity contribution is 9.10. The molecule has 1 aromatic carbocycles. The fourth-order valence-electron chi connectivity index (χ4n) is 2.43. The Morgan fingerprint density at radius 3 is 2.37 bits per heavy atom. The van der Waals surface area contributed by atoms with Crippen LogP contribution in [0.25, 0.3) is 0 Å².